The summed E-state index contributed by atoms with van der Waals surface area (Å²) in [6, 6.07) is 6.92. The van der Waals surface area contributed by atoms with E-state index in [4.69, 9.17) is 7.85 Å². The lowest BCUT2D eigenvalue weighted by Crippen LogP contribution is -2.07. The van der Waals surface area contributed by atoms with Gasteiger partial charge in [0.2, 0.25) is 0 Å². The highest BCUT2D eigenvalue weighted by Crippen LogP contribution is 2.17. The van der Waals surface area contributed by atoms with Crippen molar-refractivity contribution in [3.05, 3.63) is 35.4 Å². The van der Waals surface area contributed by atoms with Gasteiger partial charge in [-0.05, 0) is 30.3 Å². The van der Waals surface area contributed by atoms with E-state index in [0.717, 1.165) is 11.1 Å². The highest BCUT2D eigenvalue weighted by Gasteiger charge is 2.12. The average molecular weight is 210 g/mol. The van der Waals surface area contributed by atoms with Gasteiger partial charge in [-0.1, -0.05) is 38.1 Å². The van der Waals surface area contributed by atoms with Crippen LogP contribution in [0.15, 0.2) is 24.3 Å². The molecule has 0 radical (unpaired) electrons. The molecule has 1 unspecified atom stereocenters. The van der Waals surface area contributed by atoms with Crippen LogP contribution in [-0.4, -0.2) is 11.1 Å². The summed E-state index contributed by atoms with van der Waals surface area (Å²) < 4.78 is 15.7. The van der Waals surface area contributed by atoms with Crippen molar-refractivity contribution in [2.24, 2.45) is 5.89 Å². The molecule has 2 heteroatoms. The Morgan fingerprint density at radius 3 is 2.33 bits per heavy atom. The van der Waals surface area contributed by atoms with Crippen molar-refractivity contribution in [2.45, 2.75) is 33.1 Å². The predicted octanol–water partition coefficient (Wildman–Crippen LogP) is 3.07. The summed E-state index contributed by atoms with van der Waals surface area (Å²) >= 11 is 0. The van der Waals surface area contributed by atoms with Gasteiger partial charge >= 0.3 is 5.97 Å². The van der Waals surface area contributed by atoms with E-state index in [1.165, 1.54) is 0 Å². The van der Waals surface area contributed by atoms with Crippen LogP contribution >= 0.6 is 0 Å². The van der Waals surface area contributed by atoms with Crippen LogP contribution in [0.25, 0.3) is 0 Å². The lowest BCUT2D eigenvalue weighted by molar-refractivity contribution is -0.138. The van der Waals surface area contributed by atoms with Crippen molar-refractivity contribution in [1.29, 1.82) is 0 Å². The summed E-state index contributed by atoms with van der Waals surface area (Å²) in [6.07, 6.45) is -0.628. The van der Waals surface area contributed by atoms with Gasteiger partial charge in [-0.3, -0.25) is 4.79 Å². The van der Waals surface area contributed by atoms with Crippen molar-refractivity contribution in [3.63, 3.8) is 0 Å². The Balaban J connectivity index is 2.92. The molecule has 0 aliphatic heterocycles. The van der Waals surface area contributed by atoms with Crippen molar-refractivity contribution in [2.75, 3.05) is 0 Å². The highest BCUT2D eigenvalue weighted by molar-refractivity contribution is 5.75. The molecule has 82 valence electrons. The molecule has 0 bridgehead atoms. The predicted molar refractivity (Wildman–Crippen MR) is 61.0 cm³/mol. The zero-order valence-corrected chi connectivity index (χ0v) is 9.32. The maximum Gasteiger partial charge on any atom is 0.310 e. The van der Waals surface area contributed by atoms with E-state index in [9.17, 15) is 4.79 Å². The lowest BCUT2D eigenvalue weighted by Gasteiger charge is -2.09. The average Bonchev–Trinajstić information content (AvgIpc) is 2.26. The number of aliphatic carboxylic acids is 1. The van der Waals surface area contributed by atoms with Crippen molar-refractivity contribution in [3.8, 4) is 0 Å². The Kier molecular flexibility index (Phi) is 2.96. The van der Waals surface area contributed by atoms with Gasteiger partial charge in [-0.25, -0.2) is 0 Å². The summed E-state index contributed by atoms with van der Waals surface area (Å²) in [7, 11) is 0. The topological polar surface area (TPSA) is 37.3 Å². The van der Waals surface area contributed by atoms with Crippen LogP contribution in [0.3, 0.4) is 0 Å². The summed E-state index contributed by atoms with van der Waals surface area (Å²) in [5.74, 6) is -2.27. The molecule has 1 rings (SSSR count). The normalized spacial score (nSPS) is 17.5. The van der Waals surface area contributed by atoms with Crippen molar-refractivity contribution < 1.29 is 12.6 Å². The summed E-state index contributed by atoms with van der Waals surface area (Å²) in [5, 5.41) is 8.88. The third kappa shape index (κ3) is 3.39. The maximum absolute atomic E-state index is 10.8. The number of carbonyl (C=O) groups is 1. The smallest absolute Gasteiger partial charge is 0.310 e. The first-order chi connectivity index (χ1) is 7.73. The molecule has 2 atom stereocenters. The van der Waals surface area contributed by atoms with Gasteiger partial charge in [0.15, 0.2) is 0 Å². The van der Waals surface area contributed by atoms with Gasteiger partial charge in [-0.15, -0.1) is 0 Å². The number of hydrogen-bond acceptors (Lipinski definition) is 1. The van der Waals surface area contributed by atoms with Crippen molar-refractivity contribution in [1.82, 2.24) is 0 Å². The first kappa shape index (κ1) is 8.96. The van der Waals surface area contributed by atoms with E-state index in [1.807, 2.05) is 0 Å². The molecule has 0 fully saturated rings. The standard InChI is InChI=1S/C13H18O2/c1-9(2)8-11-4-6-12(7-5-11)10(3)13(14)15/h4-7,9-10H,8H2,1-3H3,(H,14,15)/t10-/m1/s1/i8T,9T/t8?,10-. The first-order valence-corrected chi connectivity index (χ1v) is 4.98. The van der Waals surface area contributed by atoms with E-state index in [2.05, 4.69) is 0 Å². The molecule has 0 aliphatic rings. The zero-order chi connectivity index (χ0) is 13.2. The van der Waals surface area contributed by atoms with Gasteiger partial charge in [0.05, 0.1) is 5.92 Å². The fourth-order valence-electron chi connectivity index (χ4n) is 1.36. The van der Waals surface area contributed by atoms with E-state index < -0.39 is 24.2 Å². The van der Waals surface area contributed by atoms with E-state index in [0.29, 0.717) is 0 Å². The largest absolute Gasteiger partial charge is 0.481 e. The monoisotopic (exact) mass is 210 g/mol. The summed E-state index contributed by atoms with van der Waals surface area (Å²) in [4.78, 5) is 10.8. The minimum Gasteiger partial charge on any atom is -0.481 e. The maximum atomic E-state index is 10.8. The number of carboxylic acid groups (broad SMARTS) is 1. The Morgan fingerprint density at radius 1 is 1.40 bits per heavy atom. The van der Waals surface area contributed by atoms with E-state index in [-0.39, 0.29) is 0 Å². The van der Waals surface area contributed by atoms with Crippen LogP contribution in [0, 0.1) is 5.89 Å². The second kappa shape index (κ2) is 4.96. The van der Waals surface area contributed by atoms with Crippen molar-refractivity contribution >= 4 is 5.97 Å². The third-order valence-electron chi connectivity index (χ3n) is 2.26. The SMILES string of the molecule is [3H]C(c1ccc([C@@H](C)C(=O)O)cc1)C([3H])(C)C. The molecule has 0 spiro atoms. The first-order valence-electron chi connectivity index (χ1n) is 6.06. The van der Waals surface area contributed by atoms with E-state index in [1.54, 1.807) is 45.0 Å². The second-order valence-electron chi connectivity index (χ2n) is 3.95. The Labute approximate surface area is 93.8 Å². The zero-order valence-electron chi connectivity index (χ0n) is 11.3. The molecular formula is C13H18O2. The summed E-state index contributed by atoms with van der Waals surface area (Å²) in [5.41, 5.74) is 1.46. The summed E-state index contributed by atoms with van der Waals surface area (Å²) in [6.45, 7) is 5.01. The fraction of sp³-hybridized carbons (Fsp3) is 0.462. The molecule has 1 aromatic carbocycles. The number of benzene rings is 1. The molecule has 0 amide bonds. The second-order valence-corrected chi connectivity index (χ2v) is 3.95. The van der Waals surface area contributed by atoms with Crippen LogP contribution in [0.2, 0.25) is 0 Å². The molecular weight excluding hydrogens is 188 g/mol. The Hall–Kier alpha value is -1.31. The molecule has 1 N–H and O–H groups in total. The molecule has 0 saturated carbocycles. The van der Waals surface area contributed by atoms with Crippen LogP contribution in [-0.2, 0) is 11.2 Å². The number of hydrogen-bond donors (Lipinski definition) is 1. The van der Waals surface area contributed by atoms with Gasteiger partial charge in [0.1, 0.15) is 0 Å². The third-order valence-corrected chi connectivity index (χ3v) is 2.26. The lowest BCUT2D eigenvalue weighted by atomic mass is 9.97. The van der Waals surface area contributed by atoms with Crippen LogP contribution in [0.1, 0.15) is 40.6 Å². The van der Waals surface area contributed by atoms with Crippen LogP contribution < -0.4 is 0 Å². The molecule has 15 heavy (non-hydrogen) atoms. The molecule has 2 nitrogen and oxygen atoms in total. The molecule has 0 aromatic heterocycles. The minimum absolute atomic E-state index is 0.544. The molecule has 0 saturated heterocycles. The van der Waals surface area contributed by atoms with Crippen LogP contribution in [0.4, 0.5) is 0 Å². The minimum atomic E-state index is -0.861. The van der Waals surface area contributed by atoms with Gasteiger partial charge in [-0.2, -0.15) is 0 Å². The molecule has 0 aliphatic carbocycles. The number of carboxylic acids is 1. The Bertz CT molecular complexity index is 393. The van der Waals surface area contributed by atoms with Crippen LogP contribution in [0.5, 0.6) is 0 Å². The molecule has 0 heterocycles. The van der Waals surface area contributed by atoms with Gasteiger partial charge in [0.25, 0.3) is 0 Å². The quantitative estimate of drug-likeness (QED) is 0.829. The molecule has 1 aromatic rings. The Morgan fingerprint density at radius 2 is 1.93 bits per heavy atom. The van der Waals surface area contributed by atoms with E-state index >= 15 is 0 Å². The fourth-order valence-corrected chi connectivity index (χ4v) is 1.36. The van der Waals surface area contributed by atoms with Gasteiger partial charge < -0.3 is 5.11 Å². The van der Waals surface area contributed by atoms with Gasteiger partial charge in [0, 0.05) is 2.74 Å². The number of rotatable bonds is 4. The highest BCUT2D eigenvalue weighted by atomic mass is 16.4.